The highest BCUT2D eigenvalue weighted by molar-refractivity contribution is 8.09. The Morgan fingerprint density at radius 3 is 1.32 bits per heavy atom. The molecule has 0 spiro atoms. The number of aliphatic hydroxyl groups excluding tert-OH is 1. The van der Waals surface area contributed by atoms with E-state index in [1.165, 1.54) is 48.5 Å². The first-order valence-corrected chi connectivity index (χ1v) is 11.7. The van der Waals surface area contributed by atoms with Crippen LogP contribution in [0.1, 0.15) is 11.5 Å². The van der Waals surface area contributed by atoms with Crippen molar-refractivity contribution in [3.05, 3.63) is 96.6 Å². The minimum absolute atomic E-state index is 0.103. The number of sulfone groups is 2. The van der Waals surface area contributed by atoms with E-state index in [2.05, 4.69) is 0 Å². The summed E-state index contributed by atoms with van der Waals surface area (Å²) in [5, 5.41) is 10.0. The molecule has 1 N–H and O–H groups in total. The molecule has 0 saturated carbocycles. The Labute approximate surface area is 165 Å². The quantitative estimate of drug-likeness (QED) is 0.640. The third kappa shape index (κ3) is 3.87. The topological polar surface area (TPSA) is 88.5 Å². The third-order valence-electron chi connectivity index (χ3n) is 4.51. The van der Waals surface area contributed by atoms with E-state index in [0.717, 1.165) is 0 Å². The summed E-state index contributed by atoms with van der Waals surface area (Å²) in [6.45, 7) is -0.632. The normalized spacial score (nSPS) is 13.4. The lowest BCUT2D eigenvalue weighted by Crippen LogP contribution is -2.38. The predicted octanol–water partition coefficient (Wildman–Crippen LogP) is 3.04. The SMILES string of the molecule is O=S(=O)(c1ccccc1)C([C@H](CO)c1ccccc1)S(=O)(=O)c1ccccc1. The molecule has 0 heterocycles. The van der Waals surface area contributed by atoms with E-state index in [4.69, 9.17) is 0 Å². The molecule has 0 fully saturated rings. The summed E-state index contributed by atoms with van der Waals surface area (Å²) in [5.74, 6) is -1.14. The zero-order valence-corrected chi connectivity index (χ0v) is 16.6. The van der Waals surface area contributed by atoms with Gasteiger partial charge in [-0.25, -0.2) is 16.8 Å². The molecule has 1 atom stereocenters. The maximum Gasteiger partial charge on any atom is 0.196 e. The highest BCUT2D eigenvalue weighted by Gasteiger charge is 2.45. The monoisotopic (exact) mass is 416 g/mol. The van der Waals surface area contributed by atoms with Crippen molar-refractivity contribution < 1.29 is 21.9 Å². The van der Waals surface area contributed by atoms with Gasteiger partial charge in [0.2, 0.25) is 0 Å². The minimum atomic E-state index is -4.31. The first kappa shape index (κ1) is 20.3. The lowest BCUT2D eigenvalue weighted by molar-refractivity contribution is 0.269. The van der Waals surface area contributed by atoms with Crippen molar-refractivity contribution in [3.63, 3.8) is 0 Å². The average Bonchev–Trinajstić information content (AvgIpc) is 2.73. The van der Waals surface area contributed by atoms with Crippen molar-refractivity contribution in [2.24, 2.45) is 0 Å². The average molecular weight is 417 g/mol. The van der Waals surface area contributed by atoms with Gasteiger partial charge >= 0.3 is 0 Å². The Hall–Kier alpha value is -2.48. The molecule has 7 heteroatoms. The molecule has 0 amide bonds. The van der Waals surface area contributed by atoms with E-state index >= 15 is 0 Å². The van der Waals surface area contributed by atoms with Crippen LogP contribution >= 0.6 is 0 Å². The van der Waals surface area contributed by atoms with Gasteiger partial charge in [0.15, 0.2) is 24.3 Å². The molecule has 5 nitrogen and oxygen atoms in total. The van der Waals surface area contributed by atoms with Gasteiger partial charge in [-0.3, -0.25) is 0 Å². The van der Waals surface area contributed by atoms with Crippen molar-refractivity contribution in [2.75, 3.05) is 6.61 Å². The van der Waals surface area contributed by atoms with Crippen molar-refractivity contribution in [1.82, 2.24) is 0 Å². The molecule has 146 valence electrons. The smallest absolute Gasteiger partial charge is 0.196 e. The molecule has 0 unspecified atom stereocenters. The van der Waals surface area contributed by atoms with E-state index < -0.39 is 36.8 Å². The Morgan fingerprint density at radius 1 is 0.607 bits per heavy atom. The van der Waals surface area contributed by atoms with Crippen molar-refractivity contribution in [2.45, 2.75) is 20.3 Å². The minimum Gasteiger partial charge on any atom is -0.396 e. The largest absolute Gasteiger partial charge is 0.396 e. The highest BCUT2D eigenvalue weighted by Crippen LogP contribution is 2.35. The van der Waals surface area contributed by atoms with Crippen LogP contribution in [0.5, 0.6) is 0 Å². The molecule has 28 heavy (non-hydrogen) atoms. The lowest BCUT2D eigenvalue weighted by atomic mass is 10.0. The molecule has 3 aromatic carbocycles. The fraction of sp³-hybridized carbons (Fsp3) is 0.143. The molecular formula is C21H20O5S2. The van der Waals surface area contributed by atoms with E-state index in [0.29, 0.717) is 5.56 Å². The van der Waals surface area contributed by atoms with Crippen LogP contribution in [0.2, 0.25) is 0 Å². The molecule has 0 aliphatic carbocycles. The number of aliphatic hydroxyl groups is 1. The van der Waals surface area contributed by atoms with Crippen LogP contribution in [0.4, 0.5) is 0 Å². The second-order valence-corrected chi connectivity index (χ2v) is 10.7. The van der Waals surface area contributed by atoms with Gasteiger partial charge in [-0.2, -0.15) is 0 Å². The van der Waals surface area contributed by atoms with E-state index in [-0.39, 0.29) is 9.79 Å². The van der Waals surface area contributed by atoms with E-state index in [1.807, 2.05) is 0 Å². The third-order valence-corrected chi connectivity index (χ3v) is 9.77. The van der Waals surface area contributed by atoms with Crippen LogP contribution in [0.15, 0.2) is 101 Å². The lowest BCUT2D eigenvalue weighted by Gasteiger charge is -2.26. The molecule has 0 bridgehead atoms. The fourth-order valence-corrected chi connectivity index (χ4v) is 8.10. The van der Waals surface area contributed by atoms with Gasteiger partial charge in [0.1, 0.15) is 0 Å². The molecule has 3 rings (SSSR count). The zero-order chi connectivity index (χ0) is 20.2. The second-order valence-electron chi connectivity index (χ2n) is 6.28. The van der Waals surface area contributed by atoms with Crippen molar-refractivity contribution in [3.8, 4) is 0 Å². The number of benzene rings is 3. The molecule has 0 aromatic heterocycles. The van der Waals surface area contributed by atoms with Crippen molar-refractivity contribution in [1.29, 1.82) is 0 Å². The van der Waals surface area contributed by atoms with E-state index in [1.54, 1.807) is 42.5 Å². The maximum absolute atomic E-state index is 13.4. The van der Waals surface area contributed by atoms with Gasteiger partial charge in [0.05, 0.1) is 16.4 Å². The summed E-state index contributed by atoms with van der Waals surface area (Å²) in [5.41, 5.74) is 0.439. The predicted molar refractivity (Wildman–Crippen MR) is 107 cm³/mol. The Balaban J connectivity index is 2.26. The van der Waals surface area contributed by atoms with Gasteiger partial charge in [-0.1, -0.05) is 66.7 Å². The Kier molecular flexibility index (Phi) is 5.98. The van der Waals surface area contributed by atoms with Crippen LogP contribution in [-0.4, -0.2) is 33.1 Å². The summed E-state index contributed by atoms with van der Waals surface area (Å²) in [7, 11) is -8.63. The molecule has 0 saturated heterocycles. The maximum atomic E-state index is 13.4. The molecule has 0 aliphatic heterocycles. The first-order chi connectivity index (χ1) is 13.4. The highest BCUT2D eigenvalue weighted by atomic mass is 32.3. The van der Waals surface area contributed by atoms with Gasteiger partial charge in [0, 0.05) is 5.92 Å². The Morgan fingerprint density at radius 2 is 0.964 bits per heavy atom. The molecule has 0 radical (unpaired) electrons. The second kappa shape index (κ2) is 8.26. The summed E-state index contributed by atoms with van der Waals surface area (Å²) < 4.78 is 51.9. The Bertz CT molecular complexity index is 1040. The first-order valence-electron chi connectivity index (χ1n) is 8.62. The van der Waals surface area contributed by atoms with Crippen molar-refractivity contribution >= 4 is 19.7 Å². The van der Waals surface area contributed by atoms with Gasteiger partial charge < -0.3 is 5.11 Å². The number of hydrogen-bond donors (Lipinski definition) is 1. The van der Waals surface area contributed by atoms with Gasteiger partial charge in [-0.05, 0) is 29.8 Å². The molecular weight excluding hydrogens is 396 g/mol. The summed E-state index contributed by atoms with van der Waals surface area (Å²) in [6.07, 6.45) is 0. The fourth-order valence-electron chi connectivity index (χ4n) is 3.14. The number of rotatable bonds is 7. The zero-order valence-electron chi connectivity index (χ0n) is 14.9. The van der Waals surface area contributed by atoms with E-state index in [9.17, 15) is 21.9 Å². The summed E-state index contributed by atoms with van der Waals surface area (Å²) >= 11 is 0. The van der Waals surface area contributed by atoms with Crippen LogP contribution in [0.3, 0.4) is 0 Å². The summed E-state index contributed by atoms with van der Waals surface area (Å²) in [4.78, 5) is -0.206. The molecule has 0 aliphatic rings. The standard InChI is InChI=1S/C21H20O5S2/c22-16-20(17-10-4-1-5-11-17)21(27(23,24)18-12-6-2-7-13-18)28(25,26)19-14-8-3-9-15-19/h1-15,20-22H,16H2/t20-/m1/s1. The van der Waals surface area contributed by atoms with Crippen LogP contribution in [0, 0.1) is 0 Å². The van der Waals surface area contributed by atoms with Crippen LogP contribution in [-0.2, 0) is 19.7 Å². The molecule has 3 aromatic rings. The van der Waals surface area contributed by atoms with Gasteiger partial charge in [-0.15, -0.1) is 0 Å². The summed E-state index contributed by atoms with van der Waals surface area (Å²) in [6, 6.07) is 23.2. The van der Waals surface area contributed by atoms with Crippen LogP contribution in [0.25, 0.3) is 0 Å². The van der Waals surface area contributed by atoms with Crippen LogP contribution < -0.4 is 0 Å². The number of hydrogen-bond acceptors (Lipinski definition) is 5. The van der Waals surface area contributed by atoms with Gasteiger partial charge in [0.25, 0.3) is 0 Å².